The standard InChI is InChI=1S/C10H19N2O.CH3.Y/c1-2-12-8-3-9-13-10(12)4-6-11-7-5-10;;/h2-9H2,1H3;1H3;/q2*-1;. The first-order valence-corrected chi connectivity index (χ1v) is 5.40. The Morgan fingerprint density at radius 3 is 2.60 bits per heavy atom. The first-order chi connectivity index (χ1) is 6.37. The van der Waals surface area contributed by atoms with Crippen molar-refractivity contribution in [2.24, 2.45) is 0 Å². The first kappa shape index (κ1) is 16.0. The van der Waals surface area contributed by atoms with E-state index in [-0.39, 0.29) is 45.9 Å². The third kappa shape index (κ3) is 3.47. The fourth-order valence-electron chi connectivity index (χ4n) is 2.46. The number of rotatable bonds is 1. The quantitative estimate of drug-likeness (QED) is 0.690. The summed E-state index contributed by atoms with van der Waals surface area (Å²) in [6.45, 7) is 7.45. The maximum atomic E-state index is 5.98. The normalized spacial score (nSPS) is 25.4. The van der Waals surface area contributed by atoms with Gasteiger partial charge in [-0.2, -0.15) is 0 Å². The molecule has 1 radical (unpaired) electrons. The molecule has 0 aromatic carbocycles. The minimum Gasteiger partial charge on any atom is -0.662 e. The molecular weight excluding hydrogens is 265 g/mol. The molecule has 1 spiro atoms. The molecule has 4 heteroatoms. The fourth-order valence-corrected chi connectivity index (χ4v) is 2.46. The molecule has 15 heavy (non-hydrogen) atoms. The van der Waals surface area contributed by atoms with E-state index in [1.165, 1.54) is 13.0 Å². The van der Waals surface area contributed by atoms with Gasteiger partial charge >= 0.3 is 0 Å². The molecule has 0 unspecified atom stereocenters. The van der Waals surface area contributed by atoms with Gasteiger partial charge in [-0.25, -0.2) is 0 Å². The number of hydrogen-bond acceptors (Lipinski definition) is 2. The van der Waals surface area contributed by atoms with Gasteiger partial charge in [-0.1, -0.05) is 6.92 Å². The Morgan fingerprint density at radius 1 is 1.33 bits per heavy atom. The van der Waals surface area contributed by atoms with Crippen LogP contribution in [-0.2, 0) is 37.4 Å². The van der Waals surface area contributed by atoms with E-state index in [1.54, 1.807) is 0 Å². The van der Waals surface area contributed by atoms with E-state index >= 15 is 0 Å². The second-order valence-corrected chi connectivity index (χ2v) is 3.90. The molecule has 2 heterocycles. The summed E-state index contributed by atoms with van der Waals surface area (Å²) >= 11 is 0. The summed E-state index contributed by atoms with van der Waals surface area (Å²) in [7, 11) is 0. The van der Waals surface area contributed by atoms with Crippen LogP contribution in [0.25, 0.3) is 5.32 Å². The Bertz CT molecular complexity index is 164. The first-order valence-electron chi connectivity index (χ1n) is 5.40. The van der Waals surface area contributed by atoms with Crippen molar-refractivity contribution in [2.75, 3.05) is 32.8 Å². The zero-order valence-electron chi connectivity index (χ0n) is 10.0. The molecule has 2 saturated heterocycles. The van der Waals surface area contributed by atoms with E-state index in [2.05, 4.69) is 17.1 Å². The molecule has 0 atom stereocenters. The van der Waals surface area contributed by atoms with Crippen LogP contribution in [0.3, 0.4) is 0 Å². The molecule has 2 fully saturated rings. The van der Waals surface area contributed by atoms with E-state index in [1.807, 2.05) is 0 Å². The van der Waals surface area contributed by atoms with E-state index in [9.17, 15) is 0 Å². The van der Waals surface area contributed by atoms with Gasteiger partial charge in [0.25, 0.3) is 0 Å². The predicted octanol–water partition coefficient (Wildman–Crippen LogP) is 2.04. The second kappa shape index (κ2) is 7.34. The van der Waals surface area contributed by atoms with Crippen molar-refractivity contribution < 1.29 is 37.4 Å². The second-order valence-electron chi connectivity index (χ2n) is 3.90. The summed E-state index contributed by atoms with van der Waals surface area (Å²) in [4.78, 5) is 2.49. The molecule has 3 nitrogen and oxygen atoms in total. The fraction of sp³-hybridized carbons (Fsp3) is 0.909. The minimum absolute atomic E-state index is 0. The molecule has 2 rings (SSSR count). The van der Waals surface area contributed by atoms with Crippen molar-refractivity contribution in [3.05, 3.63) is 12.7 Å². The average Bonchev–Trinajstić information content (AvgIpc) is 2.20. The van der Waals surface area contributed by atoms with Crippen molar-refractivity contribution in [3.63, 3.8) is 0 Å². The molecule has 0 aromatic heterocycles. The van der Waals surface area contributed by atoms with E-state index in [4.69, 9.17) is 4.74 Å². The molecule has 87 valence electrons. The maximum absolute atomic E-state index is 5.98. The maximum Gasteiger partial charge on any atom is 0.118 e. The van der Waals surface area contributed by atoms with Gasteiger partial charge in [-0.05, 0) is 25.8 Å². The molecule has 2 aliphatic rings. The van der Waals surface area contributed by atoms with Crippen molar-refractivity contribution in [3.8, 4) is 0 Å². The van der Waals surface area contributed by atoms with Crippen LogP contribution in [-0.4, -0.2) is 43.4 Å². The van der Waals surface area contributed by atoms with Gasteiger partial charge < -0.3 is 17.5 Å². The Labute approximate surface area is 119 Å². The molecule has 0 N–H and O–H groups in total. The summed E-state index contributed by atoms with van der Waals surface area (Å²) in [5, 5.41) is 4.39. The molecule has 0 aromatic rings. The van der Waals surface area contributed by atoms with Crippen LogP contribution in [0.1, 0.15) is 26.2 Å². The predicted molar refractivity (Wildman–Crippen MR) is 59.3 cm³/mol. The molecular formula is C11H22N2OY-2. The largest absolute Gasteiger partial charge is 0.662 e. The van der Waals surface area contributed by atoms with Crippen molar-refractivity contribution in [2.45, 2.75) is 31.9 Å². The van der Waals surface area contributed by atoms with E-state index < -0.39 is 0 Å². The summed E-state index contributed by atoms with van der Waals surface area (Å²) in [5.41, 5.74) is 0.0642. The van der Waals surface area contributed by atoms with Crippen LogP contribution in [0.2, 0.25) is 0 Å². The number of nitrogens with zero attached hydrogens (tertiary/aromatic N) is 2. The third-order valence-corrected chi connectivity index (χ3v) is 3.22. The number of piperidine rings is 1. The molecule has 0 aliphatic carbocycles. The van der Waals surface area contributed by atoms with Gasteiger partial charge in [0.1, 0.15) is 5.72 Å². The Kier molecular flexibility index (Phi) is 7.82. The van der Waals surface area contributed by atoms with Crippen molar-refractivity contribution >= 4 is 0 Å². The average molecular weight is 287 g/mol. The zero-order chi connectivity index (χ0) is 9.15. The summed E-state index contributed by atoms with van der Waals surface area (Å²) in [5.74, 6) is 0. The van der Waals surface area contributed by atoms with Crippen LogP contribution in [0.4, 0.5) is 0 Å². The summed E-state index contributed by atoms with van der Waals surface area (Å²) in [6.07, 6.45) is 3.38. The van der Waals surface area contributed by atoms with Crippen molar-refractivity contribution in [1.82, 2.24) is 4.90 Å². The van der Waals surface area contributed by atoms with Crippen LogP contribution < -0.4 is 0 Å². The Hall–Kier alpha value is 0.984. The third-order valence-electron chi connectivity index (χ3n) is 3.22. The topological polar surface area (TPSA) is 26.6 Å². The minimum atomic E-state index is 0. The van der Waals surface area contributed by atoms with Gasteiger partial charge in [0.05, 0.1) is 6.61 Å². The summed E-state index contributed by atoms with van der Waals surface area (Å²) in [6, 6.07) is 0. The SMILES string of the molecule is CCN1CCCOC12CC[N-]CC2.[CH3-].[Y]. The van der Waals surface area contributed by atoms with E-state index in [0.717, 1.165) is 39.1 Å². The van der Waals surface area contributed by atoms with E-state index in [0.29, 0.717) is 0 Å². The van der Waals surface area contributed by atoms with Crippen LogP contribution in [0.5, 0.6) is 0 Å². The van der Waals surface area contributed by atoms with Crippen molar-refractivity contribution in [1.29, 1.82) is 0 Å². The monoisotopic (exact) mass is 287 g/mol. The van der Waals surface area contributed by atoms with Gasteiger partial charge in [-0.3, -0.25) is 4.90 Å². The zero-order valence-corrected chi connectivity index (χ0v) is 12.9. The summed E-state index contributed by atoms with van der Waals surface area (Å²) < 4.78 is 5.98. The van der Waals surface area contributed by atoms with Gasteiger partial charge in [0.2, 0.25) is 0 Å². The Balaban J connectivity index is 0.000000980. The van der Waals surface area contributed by atoms with Gasteiger partial charge in [0, 0.05) is 39.3 Å². The van der Waals surface area contributed by atoms with Crippen LogP contribution in [0, 0.1) is 7.43 Å². The molecule has 2 aliphatic heterocycles. The molecule has 0 saturated carbocycles. The van der Waals surface area contributed by atoms with Crippen LogP contribution >= 0.6 is 0 Å². The smallest absolute Gasteiger partial charge is 0.118 e. The Morgan fingerprint density at radius 2 is 2.00 bits per heavy atom. The number of hydrogen-bond donors (Lipinski definition) is 0. The number of ether oxygens (including phenoxy) is 1. The molecule has 0 amide bonds. The van der Waals surface area contributed by atoms with Crippen LogP contribution in [0.15, 0.2) is 0 Å². The van der Waals surface area contributed by atoms with Gasteiger partial charge in [-0.15, -0.1) is 13.1 Å². The van der Waals surface area contributed by atoms with Gasteiger partial charge in [0.15, 0.2) is 0 Å². The molecule has 0 bridgehead atoms.